The molecule has 1 fully saturated rings. The first-order chi connectivity index (χ1) is 9.35. The van der Waals surface area contributed by atoms with E-state index < -0.39 is 10.0 Å². The van der Waals surface area contributed by atoms with Gasteiger partial charge in [0.05, 0.1) is 5.02 Å². The van der Waals surface area contributed by atoms with Crippen molar-refractivity contribution < 1.29 is 8.42 Å². The lowest BCUT2D eigenvalue weighted by Gasteiger charge is -2.37. The summed E-state index contributed by atoms with van der Waals surface area (Å²) in [7, 11) is -3.62. The smallest absolute Gasteiger partial charge is 0.244 e. The van der Waals surface area contributed by atoms with Gasteiger partial charge < -0.3 is 5.73 Å². The standard InChI is InChI=1S/C13H18BrClN2O2S/c1-9(16)11-6-2-3-8-17(11)20(18,19)12-7-4-5-10(14)13(12)15/h4-5,7,9,11H,2-3,6,8,16H2,1H3. The lowest BCUT2D eigenvalue weighted by molar-refractivity contribution is 0.227. The van der Waals surface area contributed by atoms with Crippen LogP contribution < -0.4 is 5.73 Å². The van der Waals surface area contributed by atoms with Crippen LogP contribution in [0.15, 0.2) is 27.6 Å². The van der Waals surface area contributed by atoms with Gasteiger partial charge in [0, 0.05) is 23.1 Å². The lowest BCUT2D eigenvalue weighted by Crippen LogP contribution is -2.51. The molecule has 1 aliphatic heterocycles. The fraction of sp³-hybridized carbons (Fsp3) is 0.538. The second-order valence-corrected chi connectivity index (χ2v) is 8.18. The Hall–Kier alpha value is -0.140. The Labute approximate surface area is 133 Å². The number of hydrogen-bond donors (Lipinski definition) is 1. The van der Waals surface area contributed by atoms with E-state index in [4.69, 9.17) is 17.3 Å². The summed E-state index contributed by atoms with van der Waals surface area (Å²) in [6.07, 6.45) is 2.65. The van der Waals surface area contributed by atoms with Crippen LogP contribution in [-0.4, -0.2) is 31.4 Å². The van der Waals surface area contributed by atoms with Gasteiger partial charge in [-0.15, -0.1) is 0 Å². The Balaban J connectivity index is 2.45. The van der Waals surface area contributed by atoms with Gasteiger partial charge in [-0.25, -0.2) is 8.42 Å². The summed E-state index contributed by atoms with van der Waals surface area (Å²) in [6, 6.07) is 4.57. The lowest BCUT2D eigenvalue weighted by atomic mass is 10.00. The molecule has 1 aliphatic rings. The summed E-state index contributed by atoms with van der Waals surface area (Å²) in [6.45, 7) is 2.35. The van der Waals surface area contributed by atoms with E-state index in [1.165, 1.54) is 10.4 Å². The normalized spacial score (nSPS) is 22.7. The summed E-state index contributed by atoms with van der Waals surface area (Å²) in [4.78, 5) is 0.140. The highest BCUT2D eigenvalue weighted by Crippen LogP contribution is 2.34. The minimum Gasteiger partial charge on any atom is -0.326 e. The third-order valence-electron chi connectivity index (χ3n) is 3.61. The van der Waals surface area contributed by atoms with Crippen LogP contribution in [0.25, 0.3) is 0 Å². The van der Waals surface area contributed by atoms with E-state index >= 15 is 0 Å². The molecule has 0 amide bonds. The number of benzene rings is 1. The number of rotatable bonds is 3. The minimum absolute atomic E-state index is 0.140. The Kier molecular flexibility index (Phi) is 5.13. The first kappa shape index (κ1) is 16.2. The Morgan fingerprint density at radius 1 is 1.45 bits per heavy atom. The first-order valence-corrected chi connectivity index (χ1v) is 9.18. The van der Waals surface area contributed by atoms with Gasteiger partial charge in [-0.1, -0.05) is 24.1 Å². The fourth-order valence-electron chi connectivity index (χ4n) is 2.56. The summed E-state index contributed by atoms with van der Waals surface area (Å²) in [5.74, 6) is 0. The molecule has 0 aliphatic carbocycles. The molecule has 112 valence electrons. The first-order valence-electron chi connectivity index (χ1n) is 6.57. The van der Waals surface area contributed by atoms with Crippen LogP contribution in [0.3, 0.4) is 0 Å². The molecule has 1 aromatic carbocycles. The monoisotopic (exact) mass is 380 g/mol. The second-order valence-electron chi connectivity index (χ2n) is 5.09. The van der Waals surface area contributed by atoms with Crippen molar-refractivity contribution in [1.82, 2.24) is 4.31 Å². The third kappa shape index (κ3) is 3.04. The molecule has 2 rings (SSSR count). The number of nitrogens with zero attached hydrogens (tertiary/aromatic N) is 1. The Morgan fingerprint density at radius 3 is 2.80 bits per heavy atom. The molecule has 0 radical (unpaired) electrons. The van der Waals surface area contributed by atoms with E-state index in [9.17, 15) is 8.42 Å². The molecule has 2 N–H and O–H groups in total. The number of sulfonamides is 1. The molecule has 20 heavy (non-hydrogen) atoms. The highest BCUT2D eigenvalue weighted by Gasteiger charge is 2.36. The zero-order chi connectivity index (χ0) is 14.9. The number of nitrogens with two attached hydrogens (primary N) is 1. The van der Waals surface area contributed by atoms with Crippen LogP contribution in [-0.2, 0) is 10.0 Å². The SMILES string of the molecule is CC(N)C1CCCCN1S(=O)(=O)c1cccc(Br)c1Cl. The van der Waals surface area contributed by atoms with Gasteiger partial charge >= 0.3 is 0 Å². The molecule has 0 spiro atoms. The van der Waals surface area contributed by atoms with Gasteiger partial charge in [-0.05, 0) is 47.8 Å². The summed E-state index contributed by atoms with van der Waals surface area (Å²) >= 11 is 9.41. The zero-order valence-corrected chi connectivity index (χ0v) is 14.4. The van der Waals surface area contributed by atoms with Crippen molar-refractivity contribution in [3.05, 3.63) is 27.7 Å². The van der Waals surface area contributed by atoms with E-state index in [1.807, 2.05) is 6.92 Å². The summed E-state index contributed by atoms with van der Waals surface area (Å²) in [5.41, 5.74) is 5.95. The molecule has 7 heteroatoms. The van der Waals surface area contributed by atoms with Crippen LogP contribution in [0.4, 0.5) is 0 Å². The van der Waals surface area contributed by atoms with Crippen molar-refractivity contribution >= 4 is 37.6 Å². The van der Waals surface area contributed by atoms with Crippen molar-refractivity contribution in [2.75, 3.05) is 6.54 Å². The molecule has 2 unspecified atom stereocenters. The number of halogens is 2. The summed E-state index contributed by atoms with van der Waals surface area (Å²) in [5, 5.41) is 0.224. The predicted octanol–water partition coefficient (Wildman–Crippen LogP) is 2.99. The van der Waals surface area contributed by atoms with E-state index in [0.29, 0.717) is 11.0 Å². The van der Waals surface area contributed by atoms with Crippen LogP contribution >= 0.6 is 27.5 Å². The number of hydrogen-bond acceptors (Lipinski definition) is 3. The minimum atomic E-state index is -3.62. The molecule has 1 heterocycles. The average Bonchev–Trinajstić information content (AvgIpc) is 2.41. The van der Waals surface area contributed by atoms with E-state index in [1.54, 1.807) is 12.1 Å². The second kappa shape index (κ2) is 6.32. The van der Waals surface area contributed by atoms with Crippen molar-refractivity contribution in [3.63, 3.8) is 0 Å². The van der Waals surface area contributed by atoms with Gasteiger partial charge in [0.25, 0.3) is 0 Å². The van der Waals surface area contributed by atoms with Crippen molar-refractivity contribution in [1.29, 1.82) is 0 Å². The molecule has 0 saturated carbocycles. The highest BCUT2D eigenvalue weighted by atomic mass is 79.9. The van der Waals surface area contributed by atoms with Crippen molar-refractivity contribution in [2.45, 2.75) is 43.2 Å². The highest BCUT2D eigenvalue weighted by molar-refractivity contribution is 9.10. The fourth-order valence-corrected chi connectivity index (χ4v) is 5.34. The van der Waals surface area contributed by atoms with Crippen LogP contribution in [0, 0.1) is 0 Å². The van der Waals surface area contributed by atoms with Crippen molar-refractivity contribution in [3.8, 4) is 0 Å². The number of piperidine rings is 1. The molecule has 4 nitrogen and oxygen atoms in total. The molecule has 0 bridgehead atoms. The maximum atomic E-state index is 12.8. The van der Waals surface area contributed by atoms with Gasteiger partial charge in [0.1, 0.15) is 4.90 Å². The predicted molar refractivity (Wildman–Crippen MR) is 84.3 cm³/mol. The summed E-state index contributed by atoms with van der Waals surface area (Å²) < 4.78 is 27.8. The van der Waals surface area contributed by atoms with E-state index in [2.05, 4.69) is 15.9 Å². The molecule has 0 aromatic heterocycles. The molecular weight excluding hydrogens is 364 g/mol. The van der Waals surface area contributed by atoms with Crippen LogP contribution in [0.5, 0.6) is 0 Å². The van der Waals surface area contributed by atoms with Crippen LogP contribution in [0.1, 0.15) is 26.2 Å². The Morgan fingerprint density at radius 2 is 2.15 bits per heavy atom. The van der Waals surface area contributed by atoms with E-state index in [-0.39, 0.29) is 22.0 Å². The van der Waals surface area contributed by atoms with Gasteiger partial charge in [-0.2, -0.15) is 4.31 Å². The van der Waals surface area contributed by atoms with Gasteiger partial charge in [0.15, 0.2) is 0 Å². The third-order valence-corrected chi connectivity index (χ3v) is 6.98. The maximum absolute atomic E-state index is 12.8. The van der Waals surface area contributed by atoms with Gasteiger partial charge in [0.2, 0.25) is 10.0 Å². The van der Waals surface area contributed by atoms with Crippen molar-refractivity contribution in [2.24, 2.45) is 5.73 Å². The van der Waals surface area contributed by atoms with Gasteiger partial charge in [-0.3, -0.25) is 0 Å². The maximum Gasteiger partial charge on any atom is 0.244 e. The molecule has 2 atom stereocenters. The quantitative estimate of drug-likeness (QED) is 0.875. The molecular formula is C13H18BrClN2O2S. The van der Waals surface area contributed by atoms with E-state index in [0.717, 1.165) is 19.3 Å². The zero-order valence-electron chi connectivity index (χ0n) is 11.2. The average molecular weight is 382 g/mol. The topological polar surface area (TPSA) is 63.4 Å². The molecule has 1 saturated heterocycles. The Bertz CT molecular complexity index is 592. The molecule has 1 aromatic rings. The largest absolute Gasteiger partial charge is 0.326 e. The van der Waals surface area contributed by atoms with Crippen LogP contribution in [0.2, 0.25) is 5.02 Å².